The molecule has 0 aliphatic carbocycles. The SMILES string of the molecule is CC(Oc1ccccc1)C(=O)N1CCNC(C)C1C.Cl. The molecule has 4 nitrogen and oxygen atoms in total. The van der Waals surface area contributed by atoms with Crippen LogP contribution in [0.5, 0.6) is 5.75 Å². The van der Waals surface area contributed by atoms with E-state index in [-0.39, 0.29) is 24.4 Å². The predicted molar refractivity (Wildman–Crippen MR) is 82.4 cm³/mol. The van der Waals surface area contributed by atoms with E-state index in [2.05, 4.69) is 19.2 Å². The minimum Gasteiger partial charge on any atom is -0.481 e. The summed E-state index contributed by atoms with van der Waals surface area (Å²) in [6, 6.07) is 10.00. The maximum Gasteiger partial charge on any atom is 0.263 e. The minimum atomic E-state index is -0.449. The van der Waals surface area contributed by atoms with Gasteiger partial charge in [-0.1, -0.05) is 18.2 Å². The molecule has 1 saturated heterocycles. The van der Waals surface area contributed by atoms with Gasteiger partial charge in [0.05, 0.1) is 0 Å². The van der Waals surface area contributed by atoms with Crippen molar-refractivity contribution in [2.75, 3.05) is 13.1 Å². The highest BCUT2D eigenvalue weighted by atomic mass is 35.5. The second kappa shape index (κ2) is 7.50. The number of para-hydroxylation sites is 1. The minimum absolute atomic E-state index is 0. The lowest BCUT2D eigenvalue weighted by atomic mass is 10.1. The standard InChI is InChI=1S/C15H22N2O2.ClH/c1-11-12(2)17(10-9-16-11)15(18)13(3)19-14-7-5-4-6-8-14;/h4-8,11-13,16H,9-10H2,1-3H3;1H. The number of nitrogens with one attached hydrogen (secondary N) is 1. The maximum absolute atomic E-state index is 12.4. The quantitative estimate of drug-likeness (QED) is 0.929. The van der Waals surface area contributed by atoms with E-state index < -0.39 is 6.10 Å². The van der Waals surface area contributed by atoms with Gasteiger partial charge in [0.2, 0.25) is 0 Å². The second-order valence-corrected chi connectivity index (χ2v) is 5.09. The average molecular weight is 299 g/mol. The third-order valence-electron chi connectivity index (χ3n) is 3.72. The molecule has 0 spiro atoms. The first-order valence-electron chi connectivity index (χ1n) is 6.85. The van der Waals surface area contributed by atoms with E-state index in [0.29, 0.717) is 6.04 Å². The van der Waals surface area contributed by atoms with Gasteiger partial charge in [0.1, 0.15) is 5.75 Å². The first-order chi connectivity index (χ1) is 9.09. The van der Waals surface area contributed by atoms with Crippen molar-refractivity contribution in [2.24, 2.45) is 0 Å². The first-order valence-corrected chi connectivity index (χ1v) is 6.85. The molecule has 1 amide bonds. The van der Waals surface area contributed by atoms with Crippen LogP contribution >= 0.6 is 12.4 Å². The van der Waals surface area contributed by atoms with Crippen molar-refractivity contribution in [1.82, 2.24) is 10.2 Å². The Morgan fingerprint density at radius 2 is 2.00 bits per heavy atom. The normalized spacial score (nSPS) is 23.6. The van der Waals surface area contributed by atoms with Crippen molar-refractivity contribution < 1.29 is 9.53 Å². The molecule has 1 heterocycles. The molecule has 1 aliphatic rings. The molecule has 1 aromatic carbocycles. The zero-order valence-corrected chi connectivity index (χ0v) is 13.0. The van der Waals surface area contributed by atoms with Crippen LogP contribution in [0.1, 0.15) is 20.8 Å². The second-order valence-electron chi connectivity index (χ2n) is 5.09. The van der Waals surface area contributed by atoms with E-state index in [0.717, 1.165) is 18.8 Å². The molecule has 1 fully saturated rings. The van der Waals surface area contributed by atoms with Gasteiger partial charge in [0, 0.05) is 25.2 Å². The lowest BCUT2D eigenvalue weighted by molar-refractivity contribution is -0.141. The van der Waals surface area contributed by atoms with E-state index in [9.17, 15) is 4.79 Å². The number of ether oxygens (including phenoxy) is 1. The molecule has 1 aromatic rings. The summed E-state index contributed by atoms with van der Waals surface area (Å²) >= 11 is 0. The van der Waals surface area contributed by atoms with Crippen molar-refractivity contribution in [2.45, 2.75) is 39.0 Å². The first kappa shape index (κ1) is 16.8. The Hall–Kier alpha value is -1.26. The van der Waals surface area contributed by atoms with Crippen LogP contribution in [0.3, 0.4) is 0 Å². The van der Waals surface area contributed by atoms with Gasteiger partial charge in [-0.2, -0.15) is 0 Å². The summed E-state index contributed by atoms with van der Waals surface area (Å²) in [5, 5.41) is 3.37. The number of carbonyl (C=O) groups excluding carboxylic acids is 1. The summed E-state index contributed by atoms with van der Waals surface area (Å²) in [5.74, 6) is 0.795. The third-order valence-corrected chi connectivity index (χ3v) is 3.72. The highest BCUT2D eigenvalue weighted by Gasteiger charge is 2.31. The summed E-state index contributed by atoms with van der Waals surface area (Å²) in [6.45, 7) is 7.58. The Labute approximate surface area is 126 Å². The molecule has 3 unspecified atom stereocenters. The van der Waals surface area contributed by atoms with Gasteiger partial charge >= 0.3 is 0 Å². The summed E-state index contributed by atoms with van der Waals surface area (Å²) in [6.07, 6.45) is -0.449. The van der Waals surface area contributed by atoms with Crippen LogP contribution in [0.15, 0.2) is 30.3 Å². The summed E-state index contributed by atoms with van der Waals surface area (Å²) in [4.78, 5) is 14.3. The van der Waals surface area contributed by atoms with E-state index in [1.165, 1.54) is 0 Å². The number of nitrogens with zero attached hydrogens (tertiary/aromatic N) is 1. The van der Waals surface area contributed by atoms with Crippen LogP contribution in [0.2, 0.25) is 0 Å². The molecule has 5 heteroatoms. The van der Waals surface area contributed by atoms with E-state index in [4.69, 9.17) is 4.74 Å². The summed E-state index contributed by atoms with van der Waals surface area (Å²) < 4.78 is 5.70. The Balaban J connectivity index is 0.00000200. The maximum atomic E-state index is 12.4. The summed E-state index contributed by atoms with van der Waals surface area (Å²) in [7, 11) is 0. The topological polar surface area (TPSA) is 41.6 Å². The van der Waals surface area contributed by atoms with E-state index in [1.807, 2.05) is 42.2 Å². The number of piperazine rings is 1. The molecule has 0 radical (unpaired) electrons. The zero-order chi connectivity index (χ0) is 13.8. The molecule has 2 rings (SSSR count). The highest BCUT2D eigenvalue weighted by Crippen LogP contribution is 2.15. The van der Waals surface area contributed by atoms with Crippen molar-refractivity contribution in [3.05, 3.63) is 30.3 Å². The number of hydrogen-bond acceptors (Lipinski definition) is 3. The van der Waals surface area contributed by atoms with Crippen molar-refractivity contribution in [1.29, 1.82) is 0 Å². The van der Waals surface area contributed by atoms with Gasteiger partial charge in [-0.3, -0.25) is 4.79 Å². The molecule has 0 bridgehead atoms. The Kier molecular flexibility index (Phi) is 6.30. The fourth-order valence-electron chi connectivity index (χ4n) is 2.35. The number of rotatable bonds is 3. The number of hydrogen-bond donors (Lipinski definition) is 1. The average Bonchev–Trinajstić information content (AvgIpc) is 2.42. The lowest BCUT2D eigenvalue weighted by Crippen LogP contribution is -2.59. The predicted octanol–water partition coefficient (Wildman–Crippen LogP) is 2.08. The van der Waals surface area contributed by atoms with Gasteiger partial charge in [-0.05, 0) is 32.9 Å². The van der Waals surface area contributed by atoms with Gasteiger partial charge < -0.3 is 15.0 Å². The van der Waals surface area contributed by atoms with Crippen molar-refractivity contribution in [3.63, 3.8) is 0 Å². The lowest BCUT2D eigenvalue weighted by Gasteiger charge is -2.39. The summed E-state index contributed by atoms with van der Waals surface area (Å²) in [5.41, 5.74) is 0. The molecule has 112 valence electrons. The van der Waals surface area contributed by atoms with Crippen LogP contribution in [0.25, 0.3) is 0 Å². The molecule has 1 N–H and O–H groups in total. The number of halogens is 1. The highest BCUT2D eigenvalue weighted by molar-refractivity contribution is 5.85. The van der Waals surface area contributed by atoms with E-state index in [1.54, 1.807) is 0 Å². The van der Waals surface area contributed by atoms with Crippen LogP contribution in [0.4, 0.5) is 0 Å². The number of carbonyl (C=O) groups is 1. The third kappa shape index (κ3) is 3.87. The van der Waals surface area contributed by atoms with Gasteiger partial charge in [0.25, 0.3) is 5.91 Å². The van der Waals surface area contributed by atoms with Gasteiger partial charge in [0.15, 0.2) is 6.10 Å². The van der Waals surface area contributed by atoms with Crippen molar-refractivity contribution >= 4 is 18.3 Å². The molecule has 20 heavy (non-hydrogen) atoms. The van der Waals surface area contributed by atoms with Crippen LogP contribution in [0, 0.1) is 0 Å². The Morgan fingerprint density at radius 3 is 2.65 bits per heavy atom. The monoisotopic (exact) mass is 298 g/mol. The Bertz CT molecular complexity index is 427. The number of amides is 1. The smallest absolute Gasteiger partial charge is 0.263 e. The van der Waals surface area contributed by atoms with Gasteiger partial charge in [-0.25, -0.2) is 0 Å². The largest absolute Gasteiger partial charge is 0.481 e. The van der Waals surface area contributed by atoms with Gasteiger partial charge in [-0.15, -0.1) is 12.4 Å². The molecule has 0 aromatic heterocycles. The molecule has 3 atom stereocenters. The van der Waals surface area contributed by atoms with Crippen LogP contribution in [-0.4, -0.2) is 42.1 Å². The number of benzene rings is 1. The molecular weight excluding hydrogens is 276 g/mol. The fraction of sp³-hybridized carbons (Fsp3) is 0.533. The Morgan fingerprint density at radius 1 is 1.35 bits per heavy atom. The van der Waals surface area contributed by atoms with Crippen LogP contribution in [-0.2, 0) is 4.79 Å². The fourth-order valence-corrected chi connectivity index (χ4v) is 2.35. The van der Waals surface area contributed by atoms with Crippen LogP contribution < -0.4 is 10.1 Å². The molecule has 0 saturated carbocycles. The molecular formula is C15H23ClN2O2. The van der Waals surface area contributed by atoms with Crippen molar-refractivity contribution in [3.8, 4) is 5.75 Å². The molecule has 1 aliphatic heterocycles. The zero-order valence-electron chi connectivity index (χ0n) is 12.2. The van der Waals surface area contributed by atoms with E-state index >= 15 is 0 Å².